The summed E-state index contributed by atoms with van der Waals surface area (Å²) in [6.07, 6.45) is 5.51. The van der Waals surface area contributed by atoms with Crippen molar-refractivity contribution in [3.8, 4) is 11.5 Å². The molecule has 2 aliphatic rings. The number of rotatable bonds is 6. The Hall–Kier alpha value is -4.35. The number of amides is 1. The average Bonchev–Trinajstić information content (AvgIpc) is 3.29. The van der Waals surface area contributed by atoms with Crippen molar-refractivity contribution in [2.24, 2.45) is 10.9 Å². The lowest BCUT2D eigenvalue weighted by atomic mass is 9.83. The summed E-state index contributed by atoms with van der Waals surface area (Å²) in [6.45, 7) is 3.81. The van der Waals surface area contributed by atoms with Crippen LogP contribution in [-0.2, 0) is 4.79 Å². The maximum absolute atomic E-state index is 15.4. The van der Waals surface area contributed by atoms with Crippen LogP contribution < -0.4 is 15.8 Å². The number of ether oxygens (including phenoxy) is 1. The Kier molecular flexibility index (Phi) is 7.51. The number of nitrogens with two attached hydrogens (primary N) is 1. The first kappa shape index (κ1) is 27.2. The van der Waals surface area contributed by atoms with E-state index in [9.17, 15) is 22.4 Å². The van der Waals surface area contributed by atoms with Gasteiger partial charge in [-0.15, -0.1) is 0 Å². The van der Waals surface area contributed by atoms with E-state index in [1.165, 1.54) is 24.5 Å². The summed E-state index contributed by atoms with van der Waals surface area (Å²) in [5.41, 5.74) is 7.44. The number of aromatic nitrogens is 2. The van der Waals surface area contributed by atoms with E-state index in [1.807, 2.05) is 0 Å². The molecule has 2 heterocycles. The highest BCUT2D eigenvalue weighted by Crippen LogP contribution is 2.42. The van der Waals surface area contributed by atoms with Crippen LogP contribution in [0.3, 0.4) is 0 Å². The van der Waals surface area contributed by atoms with E-state index in [0.29, 0.717) is 24.2 Å². The molecule has 0 radical (unpaired) electrons. The quantitative estimate of drug-likeness (QED) is 0.242. The second-order valence-corrected chi connectivity index (χ2v) is 9.67. The number of nitrogen functional groups attached to an aromatic ring is 1. The molecule has 2 aromatic carbocycles. The van der Waals surface area contributed by atoms with Gasteiger partial charge in [-0.1, -0.05) is 6.58 Å². The molecule has 1 amide bonds. The Morgan fingerprint density at radius 3 is 2.48 bits per heavy atom. The first-order chi connectivity index (χ1) is 19.2. The van der Waals surface area contributed by atoms with E-state index in [4.69, 9.17) is 10.5 Å². The molecule has 208 valence electrons. The van der Waals surface area contributed by atoms with Crippen LogP contribution >= 0.6 is 0 Å². The van der Waals surface area contributed by atoms with Crippen molar-refractivity contribution in [2.45, 2.75) is 37.6 Å². The van der Waals surface area contributed by atoms with Gasteiger partial charge in [0.1, 0.15) is 23.7 Å². The van der Waals surface area contributed by atoms with Gasteiger partial charge in [-0.3, -0.25) is 9.79 Å². The van der Waals surface area contributed by atoms with Crippen LogP contribution in [0.1, 0.15) is 48.4 Å². The molecule has 1 aromatic heterocycles. The van der Waals surface area contributed by atoms with Crippen molar-refractivity contribution in [3.05, 3.63) is 89.2 Å². The van der Waals surface area contributed by atoms with E-state index in [0.717, 1.165) is 25.3 Å². The van der Waals surface area contributed by atoms with Gasteiger partial charge >= 0.3 is 0 Å². The first-order valence-corrected chi connectivity index (χ1v) is 12.6. The number of aliphatic imine (C=N–C) groups is 1. The highest BCUT2D eigenvalue weighted by atomic mass is 19.2. The molecule has 2 unspecified atom stereocenters. The summed E-state index contributed by atoms with van der Waals surface area (Å²) in [4.78, 5) is 25.0. The van der Waals surface area contributed by atoms with E-state index >= 15 is 4.39 Å². The number of nitrogens with one attached hydrogen (secondary N) is 1. The zero-order chi connectivity index (χ0) is 28.6. The predicted molar refractivity (Wildman–Crippen MR) is 137 cm³/mol. The second kappa shape index (κ2) is 11.0. The Balaban J connectivity index is 1.45. The Labute approximate surface area is 226 Å². The topological polar surface area (TPSA) is 102 Å². The number of carbonyl (C=O) groups excluding carboxylic acids is 1. The highest BCUT2D eigenvalue weighted by molar-refractivity contribution is 6.16. The third-order valence-electron chi connectivity index (χ3n) is 7.27. The molecule has 1 saturated carbocycles. The number of anilines is 1. The van der Waals surface area contributed by atoms with E-state index in [2.05, 4.69) is 26.9 Å². The fourth-order valence-electron chi connectivity index (χ4n) is 5.43. The van der Waals surface area contributed by atoms with Crippen LogP contribution in [0.25, 0.3) is 0 Å². The third kappa shape index (κ3) is 5.13. The minimum absolute atomic E-state index is 0.00432. The largest absolute Gasteiger partial charge is 0.451 e. The van der Waals surface area contributed by atoms with Gasteiger partial charge in [0.05, 0.1) is 17.0 Å². The van der Waals surface area contributed by atoms with Gasteiger partial charge in [-0.25, -0.2) is 23.1 Å². The van der Waals surface area contributed by atoms with Gasteiger partial charge in [0.25, 0.3) is 0 Å². The van der Waals surface area contributed by atoms with Crippen molar-refractivity contribution in [3.63, 3.8) is 0 Å². The summed E-state index contributed by atoms with van der Waals surface area (Å²) in [6, 6.07) is 3.32. The van der Waals surface area contributed by atoms with Crippen LogP contribution in [0.15, 0.2) is 48.2 Å². The molecule has 40 heavy (non-hydrogen) atoms. The summed E-state index contributed by atoms with van der Waals surface area (Å²) < 4.78 is 75.6. The van der Waals surface area contributed by atoms with E-state index < -0.39 is 40.6 Å². The van der Waals surface area contributed by atoms with Gasteiger partial charge in [0.2, 0.25) is 23.3 Å². The van der Waals surface area contributed by atoms with Gasteiger partial charge in [-0.2, -0.15) is 8.78 Å². The molecular weight excluding hydrogens is 533 g/mol. The number of hydrogen-bond acceptors (Lipinski definition) is 6. The molecule has 1 fully saturated rings. The molecule has 3 atom stereocenters. The van der Waals surface area contributed by atoms with Crippen LogP contribution in [0, 0.1) is 35.0 Å². The molecule has 0 saturated heterocycles. The number of hydrogen-bond donors (Lipinski definition) is 2. The Bertz CT molecular complexity index is 1500. The molecule has 0 bridgehead atoms. The monoisotopic (exact) mass is 557 g/mol. The minimum Gasteiger partial charge on any atom is -0.451 e. The number of nitrogens with zero attached hydrogens (tertiary/aromatic N) is 3. The summed E-state index contributed by atoms with van der Waals surface area (Å²) in [7, 11) is 0. The molecule has 1 aliphatic heterocycles. The van der Waals surface area contributed by atoms with Crippen LogP contribution in [0.5, 0.6) is 11.5 Å². The molecule has 3 aromatic rings. The number of fused-ring (bicyclic) bond motifs is 1. The fourth-order valence-corrected chi connectivity index (χ4v) is 5.43. The van der Waals surface area contributed by atoms with E-state index in [-0.39, 0.29) is 46.9 Å². The standard InChI is InChI=1S/C28H24F5N5O2/c1-2-21(39)38-14-4-3-13(9-14)16-7-8-35-26(22-25(16)36-12-37-28(22)34)17-6-5-15(10-18(17)29)40-27-23(32)19(30)11-20(31)24(27)33/h2,5-6,10-14,16H,1,3-4,7-9H2,(H,38,39)(H2,34,36,37)/t13?,14-,16?/m0/s1. The third-order valence-corrected chi connectivity index (χ3v) is 7.27. The molecule has 1 aliphatic carbocycles. The maximum atomic E-state index is 15.4. The molecule has 3 N–H and O–H groups in total. The Morgan fingerprint density at radius 2 is 1.77 bits per heavy atom. The van der Waals surface area contributed by atoms with Crippen molar-refractivity contribution >= 4 is 17.4 Å². The van der Waals surface area contributed by atoms with Crippen molar-refractivity contribution < 1.29 is 31.5 Å². The SMILES string of the molecule is C=CC(=O)N[C@H]1CCC(C2CCN=C(c3ccc(Oc4c(F)c(F)cc(F)c4F)cc3F)c3c(N)ncnc32)C1. The molecular formula is C28H24F5N5O2. The van der Waals surface area contributed by atoms with Crippen molar-refractivity contribution in [1.29, 1.82) is 0 Å². The zero-order valence-corrected chi connectivity index (χ0v) is 21.1. The molecule has 0 spiro atoms. The van der Waals surface area contributed by atoms with Gasteiger partial charge in [0.15, 0.2) is 11.6 Å². The molecule has 5 rings (SSSR count). The van der Waals surface area contributed by atoms with Crippen LogP contribution in [0.4, 0.5) is 27.8 Å². The van der Waals surface area contributed by atoms with Gasteiger partial charge in [-0.05, 0) is 49.8 Å². The zero-order valence-electron chi connectivity index (χ0n) is 21.1. The second-order valence-electron chi connectivity index (χ2n) is 9.67. The van der Waals surface area contributed by atoms with E-state index in [1.54, 1.807) is 0 Å². The lowest BCUT2D eigenvalue weighted by Crippen LogP contribution is -2.31. The number of carbonyl (C=O) groups is 1. The molecule has 12 heteroatoms. The summed E-state index contributed by atoms with van der Waals surface area (Å²) in [5.74, 6) is -9.47. The average molecular weight is 558 g/mol. The smallest absolute Gasteiger partial charge is 0.243 e. The lowest BCUT2D eigenvalue weighted by molar-refractivity contribution is -0.117. The summed E-state index contributed by atoms with van der Waals surface area (Å²) >= 11 is 0. The van der Waals surface area contributed by atoms with Crippen LogP contribution in [-0.4, -0.2) is 34.2 Å². The molecule has 7 nitrogen and oxygen atoms in total. The number of benzene rings is 2. The maximum Gasteiger partial charge on any atom is 0.243 e. The first-order valence-electron chi connectivity index (χ1n) is 12.6. The van der Waals surface area contributed by atoms with Crippen molar-refractivity contribution in [1.82, 2.24) is 15.3 Å². The van der Waals surface area contributed by atoms with Crippen LogP contribution in [0.2, 0.25) is 0 Å². The normalized spacial score (nSPS) is 20.3. The fraction of sp³-hybridized carbons (Fsp3) is 0.286. The predicted octanol–water partition coefficient (Wildman–Crippen LogP) is 5.34. The highest BCUT2D eigenvalue weighted by Gasteiger charge is 2.37. The minimum atomic E-state index is -1.75. The summed E-state index contributed by atoms with van der Waals surface area (Å²) in [5, 5.41) is 2.93. The Morgan fingerprint density at radius 1 is 1.02 bits per heavy atom. The number of halogens is 5. The van der Waals surface area contributed by atoms with Gasteiger partial charge < -0.3 is 15.8 Å². The lowest BCUT2D eigenvalue weighted by Gasteiger charge is -2.24. The van der Waals surface area contributed by atoms with Gasteiger partial charge in [0, 0.05) is 36.2 Å². The van der Waals surface area contributed by atoms with Crippen molar-refractivity contribution in [2.75, 3.05) is 12.3 Å².